The average molecular weight is 339 g/mol. The molecule has 1 aromatic rings. The highest BCUT2D eigenvalue weighted by atomic mass is 79.9. The van der Waals surface area contributed by atoms with E-state index < -0.39 is 0 Å². The summed E-state index contributed by atoms with van der Waals surface area (Å²) in [7, 11) is 0. The molecule has 0 saturated carbocycles. The first-order valence-corrected chi connectivity index (χ1v) is 8.07. The second-order valence-corrected chi connectivity index (χ2v) is 6.35. The maximum Gasteiger partial charge on any atom is 0.222 e. The number of carbonyl (C=O) groups is 1. The summed E-state index contributed by atoms with van der Waals surface area (Å²) in [5.41, 5.74) is 0. The van der Waals surface area contributed by atoms with Gasteiger partial charge in [0, 0.05) is 23.2 Å². The van der Waals surface area contributed by atoms with Crippen LogP contribution < -0.4 is 0 Å². The molecule has 96 valence electrons. The van der Waals surface area contributed by atoms with Crippen LogP contribution in [-0.2, 0) is 11.3 Å². The van der Waals surface area contributed by atoms with Crippen molar-refractivity contribution < 1.29 is 4.79 Å². The number of thiophene rings is 1. The molecule has 0 aromatic carbocycles. The Morgan fingerprint density at radius 2 is 2.24 bits per heavy atom. The van der Waals surface area contributed by atoms with Crippen LogP contribution >= 0.6 is 38.9 Å². The van der Waals surface area contributed by atoms with Crippen LogP contribution in [0.15, 0.2) is 12.1 Å². The number of nitrogens with zero attached hydrogens (tertiary/aromatic N) is 1. The largest absolute Gasteiger partial charge is 0.338 e. The van der Waals surface area contributed by atoms with E-state index in [4.69, 9.17) is 11.6 Å². The molecule has 1 rings (SSSR count). The number of rotatable bonds is 7. The van der Waals surface area contributed by atoms with Crippen molar-refractivity contribution in [2.24, 2.45) is 0 Å². The number of unbranched alkanes of at least 4 members (excludes halogenated alkanes) is 1. The van der Waals surface area contributed by atoms with Crippen LogP contribution in [0, 0.1) is 0 Å². The molecule has 0 fully saturated rings. The molecule has 0 unspecified atom stereocenters. The highest BCUT2D eigenvalue weighted by Crippen LogP contribution is 2.23. The molecule has 0 radical (unpaired) electrons. The number of carbonyl (C=O) groups excluding carboxylic acids is 1. The zero-order chi connectivity index (χ0) is 12.7. The fraction of sp³-hybridized carbons (Fsp3) is 0.583. The van der Waals surface area contributed by atoms with E-state index >= 15 is 0 Å². The molecule has 0 bridgehead atoms. The van der Waals surface area contributed by atoms with Gasteiger partial charge in [0.05, 0.1) is 10.9 Å². The SMILES string of the molecule is CCN(Cc1ccc(Cl)s1)C(=O)CCCCBr. The molecule has 17 heavy (non-hydrogen) atoms. The number of hydrogen-bond acceptors (Lipinski definition) is 2. The molecule has 0 saturated heterocycles. The van der Waals surface area contributed by atoms with Crippen molar-refractivity contribution in [3.8, 4) is 0 Å². The molecular weight excluding hydrogens is 322 g/mol. The van der Waals surface area contributed by atoms with E-state index in [0.29, 0.717) is 13.0 Å². The van der Waals surface area contributed by atoms with Gasteiger partial charge in [-0.2, -0.15) is 0 Å². The van der Waals surface area contributed by atoms with Gasteiger partial charge in [-0.25, -0.2) is 0 Å². The molecule has 0 N–H and O–H groups in total. The van der Waals surface area contributed by atoms with Crippen molar-refractivity contribution in [3.63, 3.8) is 0 Å². The van der Waals surface area contributed by atoms with Crippen molar-refractivity contribution in [1.82, 2.24) is 4.90 Å². The van der Waals surface area contributed by atoms with Gasteiger partial charge in [0.15, 0.2) is 0 Å². The fourth-order valence-corrected chi connectivity index (χ4v) is 3.03. The summed E-state index contributed by atoms with van der Waals surface area (Å²) in [5, 5.41) is 0.965. The van der Waals surface area contributed by atoms with Crippen molar-refractivity contribution in [2.75, 3.05) is 11.9 Å². The predicted molar refractivity (Wildman–Crippen MR) is 78.1 cm³/mol. The van der Waals surface area contributed by atoms with Gasteiger partial charge in [-0.15, -0.1) is 11.3 Å². The van der Waals surface area contributed by atoms with E-state index in [9.17, 15) is 4.79 Å². The second kappa shape index (κ2) is 8.11. The molecule has 0 aliphatic carbocycles. The summed E-state index contributed by atoms with van der Waals surface area (Å²) in [5.74, 6) is 0.234. The van der Waals surface area contributed by atoms with Gasteiger partial charge in [-0.05, 0) is 31.9 Å². The van der Waals surface area contributed by atoms with E-state index in [-0.39, 0.29) is 5.91 Å². The highest BCUT2D eigenvalue weighted by Gasteiger charge is 2.12. The van der Waals surface area contributed by atoms with Crippen LogP contribution in [0.5, 0.6) is 0 Å². The molecule has 0 aliphatic heterocycles. The van der Waals surface area contributed by atoms with Gasteiger partial charge >= 0.3 is 0 Å². The van der Waals surface area contributed by atoms with Gasteiger partial charge in [-0.3, -0.25) is 4.79 Å². The Morgan fingerprint density at radius 3 is 2.76 bits per heavy atom. The predicted octanol–water partition coefficient (Wildman–Crippen LogP) is 4.32. The third-order valence-corrected chi connectivity index (χ3v) is 4.26. The lowest BCUT2D eigenvalue weighted by Crippen LogP contribution is -2.29. The minimum atomic E-state index is 0.234. The van der Waals surface area contributed by atoms with Crippen molar-refractivity contribution in [2.45, 2.75) is 32.7 Å². The smallest absolute Gasteiger partial charge is 0.222 e. The Balaban J connectivity index is 2.44. The Bertz CT molecular complexity index is 356. The maximum absolute atomic E-state index is 11.9. The summed E-state index contributed by atoms with van der Waals surface area (Å²) >= 11 is 10.8. The van der Waals surface area contributed by atoms with Gasteiger partial charge in [0.1, 0.15) is 0 Å². The van der Waals surface area contributed by atoms with Crippen molar-refractivity contribution in [1.29, 1.82) is 0 Å². The zero-order valence-electron chi connectivity index (χ0n) is 9.92. The molecule has 1 heterocycles. The first-order valence-electron chi connectivity index (χ1n) is 5.75. The normalized spacial score (nSPS) is 10.5. The van der Waals surface area contributed by atoms with Crippen LogP contribution in [0.3, 0.4) is 0 Å². The Labute approximate surface area is 120 Å². The lowest BCUT2D eigenvalue weighted by molar-refractivity contribution is -0.131. The zero-order valence-corrected chi connectivity index (χ0v) is 13.1. The lowest BCUT2D eigenvalue weighted by atomic mass is 10.2. The van der Waals surface area contributed by atoms with Crippen LogP contribution in [0.25, 0.3) is 0 Å². The molecule has 1 amide bonds. The Morgan fingerprint density at radius 1 is 1.47 bits per heavy atom. The van der Waals surface area contributed by atoms with Gasteiger partial charge < -0.3 is 4.90 Å². The molecule has 1 aromatic heterocycles. The summed E-state index contributed by atoms with van der Waals surface area (Å²) in [6.45, 7) is 3.45. The van der Waals surface area contributed by atoms with Crippen molar-refractivity contribution in [3.05, 3.63) is 21.3 Å². The third-order valence-electron chi connectivity index (χ3n) is 2.48. The molecule has 2 nitrogen and oxygen atoms in total. The van der Waals surface area contributed by atoms with Gasteiger partial charge in [0.25, 0.3) is 0 Å². The van der Waals surface area contributed by atoms with E-state index in [1.54, 1.807) is 11.3 Å². The van der Waals surface area contributed by atoms with Crippen LogP contribution in [-0.4, -0.2) is 22.7 Å². The average Bonchev–Trinajstić information content (AvgIpc) is 2.72. The number of alkyl halides is 1. The van der Waals surface area contributed by atoms with E-state index in [0.717, 1.165) is 33.9 Å². The summed E-state index contributed by atoms with van der Waals surface area (Å²) in [4.78, 5) is 15.0. The number of halogens is 2. The molecule has 0 aliphatic rings. The first-order chi connectivity index (χ1) is 8.17. The monoisotopic (exact) mass is 337 g/mol. The Hall–Kier alpha value is -0.0600. The van der Waals surface area contributed by atoms with E-state index in [2.05, 4.69) is 15.9 Å². The second-order valence-electron chi connectivity index (χ2n) is 3.76. The topological polar surface area (TPSA) is 20.3 Å². The van der Waals surface area contributed by atoms with Crippen LogP contribution in [0.1, 0.15) is 31.1 Å². The van der Waals surface area contributed by atoms with Crippen LogP contribution in [0.4, 0.5) is 0 Å². The van der Waals surface area contributed by atoms with Gasteiger partial charge in [0.2, 0.25) is 5.91 Å². The standard InChI is InChI=1S/C12H17BrClNOS/c1-2-15(12(16)5-3-4-8-13)9-10-6-7-11(14)17-10/h6-7H,2-5,8-9H2,1H3. The van der Waals surface area contributed by atoms with Crippen LogP contribution in [0.2, 0.25) is 4.34 Å². The first kappa shape index (κ1) is 15.0. The lowest BCUT2D eigenvalue weighted by Gasteiger charge is -2.20. The quantitative estimate of drug-likeness (QED) is 0.536. The van der Waals surface area contributed by atoms with E-state index in [1.807, 2.05) is 24.0 Å². The third kappa shape index (κ3) is 5.40. The Kier molecular flexibility index (Phi) is 7.16. The van der Waals surface area contributed by atoms with Crippen molar-refractivity contribution >= 4 is 44.8 Å². The highest BCUT2D eigenvalue weighted by molar-refractivity contribution is 9.09. The minimum Gasteiger partial charge on any atom is -0.338 e. The number of amides is 1. The minimum absolute atomic E-state index is 0.234. The maximum atomic E-state index is 11.9. The molecule has 5 heteroatoms. The van der Waals surface area contributed by atoms with E-state index in [1.165, 1.54) is 0 Å². The fourth-order valence-electron chi connectivity index (χ4n) is 1.53. The summed E-state index contributed by atoms with van der Waals surface area (Å²) in [6, 6.07) is 3.87. The molecule has 0 spiro atoms. The summed E-state index contributed by atoms with van der Waals surface area (Å²) < 4.78 is 0.780. The molecule has 0 atom stereocenters. The van der Waals surface area contributed by atoms with Gasteiger partial charge in [-0.1, -0.05) is 27.5 Å². The number of hydrogen-bond donors (Lipinski definition) is 0. The summed E-state index contributed by atoms with van der Waals surface area (Å²) in [6.07, 6.45) is 2.64. The molecular formula is C12H17BrClNOS.